The van der Waals surface area contributed by atoms with Crippen molar-refractivity contribution in [3.63, 3.8) is 0 Å². The maximum Gasteiger partial charge on any atom is 0.306 e. The Morgan fingerprint density at radius 2 is 1.75 bits per heavy atom. The van der Waals surface area contributed by atoms with Crippen molar-refractivity contribution >= 4 is 35.1 Å². The van der Waals surface area contributed by atoms with Gasteiger partial charge in [0.25, 0.3) is 5.91 Å². The molecule has 0 aliphatic rings. The fourth-order valence-corrected chi connectivity index (χ4v) is 3.06. The molecule has 8 heteroatoms. The molecular weight excluding hydrogens is 432 g/mol. The Kier molecular flexibility index (Phi) is 8.05. The molecule has 1 heterocycles. The lowest BCUT2D eigenvalue weighted by atomic mass is 10.2. The number of carbonyl (C=O) groups excluding carboxylic acids is 3. The predicted octanol–water partition coefficient (Wildman–Crippen LogP) is 4.14. The standard InChI is InChI=1S/C24H23ClN2O5/c1-16-19(25)8-5-9-20(16)27-22(28)14-26-23(29)15-31-24(30)13-11-18-10-12-21(32-18)17-6-3-2-4-7-17/h2-10,12H,11,13-15H2,1H3,(H,26,29)(H,27,28). The van der Waals surface area contributed by atoms with E-state index >= 15 is 0 Å². The van der Waals surface area contributed by atoms with Crippen LogP contribution in [-0.4, -0.2) is 30.9 Å². The van der Waals surface area contributed by atoms with E-state index in [2.05, 4.69) is 10.6 Å². The summed E-state index contributed by atoms with van der Waals surface area (Å²) in [4.78, 5) is 35.8. The van der Waals surface area contributed by atoms with Crippen LogP contribution in [0, 0.1) is 6.92 Å². The average Bonchev–Trinajstić information content (AvgIpc) is 3.28. The molecule has 1 aromatic heterocycles. The number of hydrogen-bond acceptors (Lipinski definition) is 5. The van der Waals surface area contributed by atoms with Crippen LogP contribution in [0.3, 0.4) is 0 Å². The van der Waals surface area contributed by atoms with E-state index in [-0.39, 0.29) is 13.0 Å². The van der Waals surface area contributed by atoms with Gasteiger partial charge in [-0.25, -0.2) is 0 Å². The molecule has 0 fully saturated rings. The highest BCUT2D eigenvalue weighted by Crippen LogP contribution is 2.23. The van der Waals surface area contributed by atoms with Crippen molar-refractivity contribution in [1.29, 1.82) is 0 Å². The minimum atomic E-state index is -0.569. The molecule has 0 bridgehead atoms. The molecule has 0 spiro atoms. The summed E-state index contributed by atoms with van der Waals surface area (Å²) < 4.78 is 10.7. The van der Waals surface area contributed by atoms with E-state index in [1.807, 2.05) is 42.5 Å². The summed E-state index contributed by atoms with van der Waals surface area (Å²) in [5.41, 5.74) is 2.25. The number of carbonyl (C=O) groups is 3. The number of amides is 2. The first kappa shape index (κ1) is 23.1. The molecule has 3 aromatic rings. The number of ether oxygens (including phenoxy) is 1. The number of furan rings is 1. The Balaban J connectivity index is 1.35. The fourth-order valence-electron chi connectivity index (χ4n) is 2.88. The molecule has 2 aromatic carbocycles. The Hall–Kier alpha value is -3.58. The van der Waals surface area contributed by atoms with E-state index in [1.54, 1.807) is 25.1 Å². The highest BCUT2D eigenvalue weighted by molar-refractivity contribution is 6.31. The maximum absolute atomic E-state index is 12.0. The Morgan fingerprint density at radius 1 is 0.969 bits per heavy atom. The third-order valence-electron chi connectivity index (χ3n) is 4.65. The summed E-state index contributed by atoms with van der Waals surface area (Å²) in [6, 6.07) is 18.4. The molecule has 0 aliphatic heterocycles. The third kappa shape index (κ3) is 6.72. The van der Waals surface area contributed by atoms with Gasteiger partial charge in [0.15, 0.2) is 6.61 Å². The van der Waals surface area contributed by atoms with Gasteiger partial charge in [-0.15, -0.1) is 0 Å². The topological polar surface area (TPSA) is 97.6 Å². The van der Waals surface area contributed by atoms with Crippen molar-refractivity contribution in [3.8, 4) is 11.3 Å². The SMILES string of the molecule is Cc1c(Cl)cccc1NC(=O)CNC(=O)COC(=O)CCc1ccc(-c2ccccc2)o1. The lowest BCUT2D eigenvalue weighted by molar-refractivity contribution is -0.148. The summed E-state index contributed by atoms with van der Waals surface area (Å²) in [7, 11) is 0. The van der Waals surface area contributed by atoms with Crippen LogP contribution < -0.4 is 10.6 Å². The van der Waals surface area contributed by atoms with Gasteiger partial charge in [0, 0.05) is 22.7 Å². The van der Waals surface area contributed by atoms with Crippen molar-refractivity contribution in [3.05, 3.63) is 77.0 Å². The number of benzene rings is 2. The monoisotopic (exact) mass is 454 g/mol. The van der Waals surface area contributed by atoms with Crippen molar-refractivity contribution in [2.75, 3.05) is 18.5 Å². The van der Waals surface area contributed by atoms with Crippen LogP contribution in [0.4, 0.5) is 5.69 Å². The number of esters is 1. The normalized spacial score (nSPS) is 10.4. The lowest BCUT2D eigenvalue weighted by Crippen LogP contribution is -2.35. The van der Waals surface area contributed by atoms with Crippen molar-refractivity contribution in [2.24, 2.45) is 0 Å². The van der Waals surface area contributed by atoms with Crippen LogP contribution >= 0.6 is 11.6 Å². The van der Waals surface area contributed by atoms with Crippen LogP contribution in [0.15, 0.2) is 65.1 Å². The first-order valence-electron chi connectivity index (χ1n) is 10.0. The second-order valence-corrected chi connectivity index (χ2v) is 7.44. The average molecular weight is 455 g/mol. The van der Waals surface area contributed by atoms with Crippen LogP contribution in [0.5, 0.6) is 0 Å². The lowest BCUT2D eigenvalue weighted by Gasteiger charge is -2.10. The van der Waals surface area contributed by atoms with Gasteiger partial charge in [-0.05, 0) is 36.8 Å². The van der Waals surface area contributed by atoms with Gasteiger partial charge in [-0.1, -0.05) is 48.0 Å². The van der Waals surface area contributed by atoms with Crippen LogP contribution in [0.25, 0.3) is 11.3 Å². The minimum Gasteiger partial charge on any atom is -0.461 e. The largest absolute Gasteiger partial charge is 0.461 e. The number of anilines is 1. The molecule has 0 atom stereocenters. The minimum absolute atomic E-state index is 0.0730. The zero-order valence-corrected chi connectivity index (χ0v) is 18.3. The van der Waals surface area contributed by atoms with E-state index in [9.17, 15) is 14.4 Å². The van der Waals surface area contributed by atoms with Crippen molar-refractivity contribution in [1.82, 2.24) is 5.32 Å². The molecular formula is C24H23ClN2O5. The summed E-state index contributed by atoms with van der Waals surface area (Å²) in [5.74, 6) is -0.141. The zero-order valence-electron chi connectivity index (χ0n) is 17.5. The van der Waals surface area contributed by atoms with Crippen molar-refractivity contribution in [2.45, 2.75) is 19.8 Å². The second-order valence-electron chi connectivity index (χ2n) is 7.03. The highest BCUT2D eigenvalue weighted by atomic mass is 35.5. The van der Waals surface area contributed by atoms with Crippen LogP contribution in [0.1, 0.15) is 17.7 Å². The molecule has 0 radical (unpaired) electrons. The first-order valence-corrected chi connectivity index (χ1v) is 10.4. The van der Waals surface area contributed by atoms with Gasteiger partial charge in [0.1, 0.15) is 11.5 Å². The summed E-state index contributed by atoms with van der Waals surface area (Å²) in [5, 5.41) is 5.61. The highest BCUT2D eigenvalue weighted by Gasteiger charge is 2.12. The Bertz CT molecular complexity index is 1090. The third-order valence-corrected chi connectivity index (χ3v) is 5.06. The molecule has 3 rings (SSSR count). The van der Waals surface area contributed by atoms with Gasteiger partial charge >= 0.3 is 5.97 Å². The first-order chi connectivity index (χ1) is 15.4. The molecule has 2 amide bonds. The van der Waals surface area contributed by atoms with Gasteiger partial charge < -0.3 is 19.8 Å². The number of hydrogen-bond donors (Lipinski definition) is 2. The number of nitrogens with one attached hydrogen (secondary N) is 2. The van der Waals surface area contributed by atoms with E-state index in [0.29, 0.717) is 22.9 Å². The maximum atomic E-state index is 12.0. The molecule has 0 saturated heterocycles. The second kappa shape index (κ2) is 11.2. The van der Waals surface area contributed by atoms with E-state index in [4.69, 9.17) is 20.8 Å². The van der Waals surface area contributed by atoms with Gasteiger partial charge in [-0.3, -0.25) is 14.4 Å². The molecule has 0 unspecified atom stereocenters. The fraction of sp³-hybridized carbons (Fsp3) is 0.208. The molecule has 0 aliphatic carbocycles. The van der Waals surface area contributed by atoms with Crippen molar-refractivity contribution < 1.29 is 23.5 Å². The van der Waals surface area contributed by atoms with Gasteiger partial charge in [-0.2, -0.15) is 0 Å². The Morgan fingerprint density at radius 3 is 2.53 bits per heavy atom. The Labute approximate surface area is 190 Å². The smallest absolute Gasteiger partial charge is 0.306 e. The van der Waals surface area contributed by atoms with Gasteiger partial charge in [0.05, 0.1) is 13.0 Å². The van der Waals surface area contributed by atoms with E-state index in [1.165, 1.54) is 0 Å². The quantitative estimate of drug-likeness (QED) is 0.473. The number of aryl methyl sites for hydroxylation is 1. The molecule has 32 heavy (non-hydrogen) atoms. The summed E-state index contributed by atoms with van der Waals surface area (Å²) >= 11 is 6.01. The number of rotatable bonds is 9. The van der Waals surface area contributed by atoms with Crippen LogP contribution in [0.2, 0.25) is 5.02 Å². The summed E-state index contributed by atoms with van der Waals surface area (Å²) in [6.07, 6.45) is 0.429. The molecule has 166 valence electrons. The van der Waals surface area contributed by atoms with Gasteiger partial charge in [0.2, 0.25) is 5.91 Å². The zero-order chi connectivity index (χ0) is 22.9. The molecule has 2 N–H and O–H groups in total. The summed E-state index contributed by atoms with van der Waals surface area (Å²) in [6.45, 7) is 1.06. The number of halogens is 1. The van der Waals surface area contributed by atoms with Crippen LogP contribution in [-0.2, 0) is 25.5 Å². The molecule has 0 saturated carbocycles. The predicted molar refractivity (Wildman–Crippen MR) is 121 cm³/mol. The van der Waals surface area contributed by atoms with E-state index < -0.39 is 24.4 Å². The van der Waals surface area contributed by atoms with E-state index in [0.717, 1.165) is 16.9 Å². The molecule has 7 nitrogen and oxygen atoms in total.